The fourth-order valence-corrected chi connectivity index (χ4v) is 5.58. The van der Waals surface area contributed by atoms with E-state index in [0.29, 0.717) is 18.7 Å². The van der Waals surface area contributed by atoms with Gasteiger partial charge in [0.1, 0.15) is 0 Å². The number of fused-ring (bicyclic) bond motifs is 1. The zero-order valence-corrected chi connectivity index (χ0v) is 19.9. The molecule has 0 N–H and O–H groups in total. The van der Waals surface area contributed by atoms with Crippen molar-refractivity contribution in [2.24, 2.45) is 0 Å². The van der Waals surface area contributed by atoms with Crippen molar-refractivity contribution in [3.8, 4) is 0 Å². The first kappa shape index (κ1) is 24.3. The lowest BCUT2D eigenvalue weighted by molar-refractivity contribution is -0.133. The molecule has 4 rings (SSSR count). The Bertz CT molecular complexity index is 1310. The number of carbonyl (C=O) groups excluding carboxylic acids is 1. The van der Waals surface area contributed by atoms with E-state index >= 15 is 0 Å². The third kappa shape index (κ3) is 4.96. The van der Waals surface area contributed by atoms with Gasteiger partial charge in [-0.15, -0.1) is 0 Å². The Hall–Kier alpha value is -2.88. The van der Waals surface area contributed by atoms with Crippen molar-refractivity contribution in [1.29, 1.82) is 0 Å². The second-order valence-corrected chi connectivity index (χ2v) is 10.5. The van der Waals surface area contributed by atoms with E-state index in [1.54, 1.807) is 32.2 Å². The lowest BCUT2D eigenvalue weighted by Crippen LogP contribution is -2.51. The van der Waals surface area contributed by atoms with Crippen LogP contribution in [0.3, 0.4) is 0 Å². The third-order valence-corrected chi connectivity index (χ3v) is 8.34. The van der Waals surface area contributed by atoms with Gasteiger partial charge in [0.05, 0.1) is 17.5 Å². The van der Waals surface area contributed by atoms with Crippen LogP contribution in [0.5, 0.6) is 0 Å². The molecule has 0 saturated carbocycles. The molecular weight excluding hydrogens is 460 g/mol. The summed E-state index contributed by atoms with van der Waals surface area (Å²) in [5.41, 5.74) is 0.501. The van der Waals surface area contributed by atoms with Gasteiger partial charge in [-0.3, -0.25) is 9.69 Å². The molecule has 1 aliphatic rings. The number of hydrogen-bond acceptors (Lipinski definition) is 4. The number of amides is 1. The first-order valence-corrected chi connectivity index (χ1v) is 12.5. The molecule has 1 saturated heterocycles. The van der Waals surface area contributed by atoms with Gasteiger partial charge in [0.2, 0.25) is 15.9 Å². The Morgan fingerprint density at radius 1 is 0.941 bits per heavy atom. The van der Waals surface area contributed by atoms with Crippen molar-refractivity contribution in [1.82, 2.24) is 14.1 Å². The van der Waals surface area contributed by atoms with Crippen molar-refractivity contribution in [2.75, 3.05) is 39.8 Å². The Balaban J connectivity index is 1.36. The normalized spacial score (nSPS) is 16.5. The molecule has 3 aromatic carbocycles. The first-order valence-electron chi connectivity index (χ1n) is 11.1. The maximum Gasteiger partial charge on any atom is 0.243 e. The van der Waals surface area contributed by atoms with E-state index in [-0.39, 0.29) is 30.4 Å². The molecular formula is C25H27F2N3O3S. The first-order chi connectivity index (χ1) is 16.2. The number of rotatable bonds is 6. The van der Waals surface area contributed by atoms with Crippen molar-refractivity contribution in [3.63, 3.8) is 0 Å². The number of carbonyl (C=O) groups is 1. The highest BCUT2D eigenvalue weighted by molar-refractivity contribution is 7.89. The quantitative estimate of drug-likeness (QED) is 0.533. The summed E-state index contributed by atoms with van der Waals surface area (Å²) in [5, 5.41) is 1.84. The zero-order valence-electron chi connectivity index (χ0n) is 19.1. The zero-order chi connectivity index (χ0) is 24.5. The lowest BCUT2D eigenvalue weighted by atomic mass is 10.1. The molecule has 0 bridgehead atoms. The van der Waals surface area contributed by atoms with Gasteiger partial charge in [-0.2, -0.15) is 4.31 Å². The molecule has 0 spiro atoms. The molecule has 1 unspecified atom stereocenters. The Labute approximate surface area is 198 Å². The number of hydrogen-bond donors (Lipinski definition) is 0. The summed E-state index contributed by atoms with van der Waals surface area (Å²) < 4.78 is 54.5. The number of nitrogens with zero attached hydrogens (tertiary/aromatic N) is 3. The van der Waals surface area contributed by atoms with Crippen LogP contribution in [-0.2, 0) is 14.8 Å². The molecule has 0 radical (unpaired) electrons. The SMILES string of the molecule is CC(c1ccc(F)c(F)c1)N(C)C(=O)CN1CCN(S(=O)(=O)c2ccc3ccccc3c2)CC1. The summed E-state index contributed by atoms with van der Waals surface area (Å²) in [6.07, 6.45) is 0. The molecule has 0 aromatic heterocycles. The maximum atomic E-state index is 13.6. The van der Waals surface area contributed by atoms with Crippen LogP contribution in [0, 0.1) is 11.6 Å². The van der Waals surface area contributed by atoms with E-state index in [1.807, 2.05) is 29.2 Å². The molecule has 1 aliphatic heterocycles. The van der Waals surface area contributed by atoms with Crippen molar-refractivity contribution < 1.29 is 22.0 Å². The van der Waals surface area contributed by atoms with Gasteiger partial charge >= 0.3 is 0 Å². The second-order valence-electron chi connectivity index (χ2n) is 8.54. The van der Waals surface area contributed by atoms with E-state index in [2.05, 4.69) is 0 Å². The highest BCUT2D eigenvalue weighted by atomic mass is 32.2. The van der Waals surface area contributed by atoms with E-state index in [0.717, 1.165) is 22.9 Å². The molecule has 1 atom stereocenters. The van der Waals surface area contributed by atoms with Crippen LogP contribution in [0.4, 0.5) is 8.78 Å². The lowest BCUT2D eigenvalue weighted by Gasteiger charge is -2.35. The maximum absolute atomic E-state index is 13.6. The summed E-state index contributed by atoms with van der Waals surface area (Å²) in [7, 11) is -2.01. The van der Waals surface area contributed by atoms with Gasteiger partial charge in [0, 0.05) is 33.2 Å². The molecule has 34 heavy (non-hydrogen) atoms. The van der Waals surface area contributed by atoms with E-state index in [9.17, 15) is 22.0 Å². The highest BCUT2D eigenvalue weighted by Gasteiger charge is 2.30. The fourth-order valence-electron chi connectivity index (χ4n) is 4.12. The van der Waals surface area contributed by atoms with Crippen molar-refractivity contribution >= 4 is 26.7 Å². The minimum absolute atomic E-state index is 0.119. The fraction of sp³-hybridized carbons (Fsp3) is 0.320. The highest BCUT2D eigenvalue weighted by Crippen LogP contribution is 2.24. The van der Waals surface area contributed by atoms with Crippen LogP contribution in [0.2, 0.25) is 0 Å². The van der Waals surface area contributed by atoms with Crippen LogP contribution < -0.4 is 0 Å². The molecule has 1 fully saturated rings. The minimum Gasteiger partial charge on any atom is -0.338 e. The predicted molar refractivity (Wildman–Crippen MR) is 127 cm³/mol. The average Bonchev–Trinajstić information content (AvgIpc) is 2.84. The van der Waals surface area contributed by atoms with Crippen LogP contribution >= 0.6 is 0 Å². The number of benzene rings is 3. The van der Waals surface area contributed by atoms with E-state index in [1.165, 1.54) is 15.3 Å². The standard InChI is InChI=1S/C25H27F2N3O3S/c1-18(20-8-10-23(26)24(27)16-20)28(2)25(31)17-29-11-13-30(14-12-29)34(32,33)22-9-7-19-5-3-4-6-21(19)15-22/h3-10,15-16,18H,11-14,17H2,1-2H3. The van der Waals surface area contributed by atoms with Gasteiger partial charge in [-0.1, -0.05) is 36.4 Å². The molecule has 1 heterocycles. The third-order valence-electron chi connectivity index (χ3n) is 6.45. The number of likely N-dealkylation sites (N-methyl/N-ethyl adjacent to an activating group) is 1. The van der Waals surface area contributed by atoms with Crippen LogP contribution in [0.1, 0.15) is 18.5 Å². The molecule has 6 nitrogen and oxygen atoms in total. The molecule has 9 heteroatoms. The van der Waals surface area contributed by atoms with Crippen molar-refractivity contribution in [3.05, 3.63) is 77.9 Å². The van der Waals surface area contributed by atoms with Gasteiger partial charge in [0.25, 0.3) is 0 Å². The molecule has 3 aromatic rings. The monoisotopic (exact) mass is 487 g/mol. The number of piperazine rings is 1. The van der Waals surface area contributed by atoms with Crippen molar-refractivity contribution in [2.45, 2.75) is 17.9 Å². The van der Waals surface area contributed by atoms with Gasteiger partial charge in [0.15, 0.2) is 11.6 Å². The van der Waals surface area contributed by atoms with E-state index in [4.69, 9.17) is 0 Å². The van der Waals surface area contributed by atoms with Gasteiger partial charge in [-0.05, 0) is 47.5 Å². The number of sulfonamides is 1. The summed E-state index contributed by atoms with van der Waals surface area (Å²) >= 11 is 0. The second kappa shape index (κ2) is 9.77. The molecule has 1 amide bonds. The Kier molecular flexibility index (Phi) is 6.97. The summed E-state index contributed by atoms with van der Waals surface area (Å²) in [6.45, 7) is 3.28. The minimum atomic E-state index is -3.63. The largest absolute Gasteiger partial charge is 0.338 e. The molecule has 180 valence electrons. The summed E-state index contributed by atoms with van der Waals surface area (Å²) in [5.74, 6) is -2.06. The summed E-state index contributed by atoms with van der Waals surface area (Å²) in [6, 6.07) is 15.9. The van der Waals surface area contributed by atoms with Gasteiger partial charge in [-0.25, -0.2) is 17.2 Å². The van der Waals surface area contributed by atoms with Gasteiger partial charge < -0.3 is 4.90 Å². The smallest absolute Gasteiger partial charge is 0.243 e. The summed E-state index contributed by atoms with van der Waals surface area (Å²) in [4.78, 5) is 16.4. The number of halogens is 2. The topological polar surface area (TPSA) is 60.9 Å². The Morgan fingerprint density at radius 3 is 2.29 bits per heavy atom. The molecule has 0 aliphatic carbocycles. The Morgan fingerprint density at radius 2 is 1.62 bits per heavy atom. The van der Waals surface area contributed by atoms with Crippen LogP contribution in [-0.4, -0.2) is 68.2 Å². The predicted octanol–water partition coefficient (Wildman–Crippen LogP) is 3.64. The van der Waals surface area contributed by atoms with Crippen LogP contribution in [0.15, 0.2) is 65.6 Å². The van der Waals surface area contributed by atoms with Crippen LogP contribution in [0.25, 0.3) is 10.8 Å². The average molecular weight is 488 g/mol. The van der Waals surface area contributed by atoms with E-state index < -0.39 is 27.7 Å².